The molecule has 232 valence electrons. The van der Waals surface area contributed by atoms with Gasteiger partial charge in [-0.05, 0) is 108 Å². The quantitative estimate of drug-likeness (QED) is 0.141. The van der Waals surface area contributed by atoms with Crippen molar-refractivity contribution in [1.29, 1.82) is 0 Å². The second-order valence-electron chi connectivity index (χ2n) is 13.3. The number of halogens is 1. The molecule has 0 spiro atoms. The highest BCUT2D eigenvalue weighted by Gasteiger charge is 2.38. The van der Waals surface area contributed by atoms with Crippen molar-refractivity contribution >= 4 is 69.7 Å². The van der Waals surface area contributed by atoms with E-state index in [-0.39, 0.29) is 23.8 Å². The third-order valence-corrected chi connectivity index (χ3v) is 10.1. The molecule has 0 saturated carbocycles. The van der Waals surface area contributed by atoms with E-state index in [0.29, 0.717) is 23.1 Å². The molecule has 8 heteroatoms. The number of benzene rings is 2. The molecule has 0 fully saturated rings. The van der Waals surface area contributed by atoms with Crippen LogP contribution in [0.1, 0.15) is 85.4 Å². The van der Waals surface area contributed by atoms with E-state index in [1.807, 2.05) is 66.8 Å². The highest BCUT2D eigenvalue weighted by atomic mass is 127. The average Bonchev–Trinajstić information content (AvgIpc) is 3.81. The molecule has 7 nitrogen and oxygen atoms in total. The first-order valence-electron chi connectivity index (χ1n) is 15.7. The van der Waals surface area contributed by atoms with Crippen LogP contribution < -0.4 is 0 Å². The largest absolute Gasteiger partial charge is 0.361 e. The number of rotatable bonds is 3. The number of aromatic nitrogens is 4. The van der Waals surface area contributed by atoms with Crippen LogP contribution in [0.15, 0.2) is 60.7 Å². The maximum absolute atomic E-state index is 14.5. The Hall–Kier alpha value is -4.83. The van der Waals surface area contributed by atoms with Gasteiger partial charge in [0, 0.05) is 37.0 Å². The van der Waals surface area contributed by atoms with Crippen LogP contribution in [-0.2, 0) is 18.4 Å². The Bertz CT molecular complexity index is 2280. The minimum atomic E-state index is -0.320. The summed E-state index contributed by atoms with van der Waals surface area (Å²) in [6, 6.07) is 19.9. The van der Waals surface area contributed by atoms with Crippen molar-refractivity contribution in [1.82, 2.24) is 24.8 Å². The number of amides is 2. The van der Waals surface area contributed by atoms with E-state index in [9.17, 15) is 9.59 Å². The standard InChI is InChI=1S/C39H32IN5O2/c1-21-14-22(2)33(28(40)15-21)34-29-13-12-25(42-29)16-24-10-11-26(41-24)17-32-39(3,4)19-31(43-32)35-36-27(18-30(34)44-36)37(46)45(38(35)47)20-23-8-6-5-7-9-23/h5-18,43-44H,19-20H2,1-4H3. The van der Waals surface area contributed by atoms with Gasteiger partial charge in [0.15, 0.2) is 0 Å². The molecule has 0 saturated heterocycles. The number of aryl methyl sites for hydroxylation is 2. The summed E-state index contributed by atoms with van der Waals surface area (Å²) in [4.78, 5) is 47.4. The van der Waals surface area contributed by atoms with Crippen LogP contribution in [-0.4, -0.2) is 36.7 Å². The maximum atomic E-state index is 14.5. The summed E-state index contributed by atoms with van der Waals surface area (Å²) < 4.78 is 1.08. The first kappa shape index (κ1) is 29.6. The summed E-state index contributed by atoms with van der Waals surface area (Å²) in [7, 11) is 0. The highest BCUT2D eigenvalue weighted by Crippen LogP contribution is 2.40. The zero-order valence-electron chi connectivity index (χ0n) is 26.5. The molecule has 4 aliphatic rings. The van der Waals surface area contributed by atoms with Gasteiger partial charge in [0.1, 0.15) is 0 Å². The lowest BCUT2D eigenvalue weighted by Crippen LogP contribution is -2.40. The van der Waals surface area contributed by atoms with Crippen LogP contribution in [0.25, 0.3) is 46.5 Å². The van der Waals surface area contributed by atoms with Crippen LogP contribution in [0, 0.1) is 17.4 Å². The van der Waals surface area contributed by atoms with Gasteiger partial charge < -0.3 is 9.97 Å². The molecule has 8 bridgehead atoms. The van der Waals surface area contributed by atoms with Crippen molar-refractivity contribution in [2.45, 2.75) is 46.1 Å². The van der Waals surface area contributed by atoms with Crippen molar-refractivity contribution in [3.63, 3.8) is 0 Å². The summed E-state index contributed by atoms with van der Waals surface area (Å²) in [6.45, 7) is 8.69. The highest BCUT2D eigenvalue weighted by molar-refractivity contribution is 14.1. The molecule has 0 atom stereocenters. The van der Waals surface area contributed by atoms with E-state index in [2.05, 4.69) is 78.5 Å². The number of imide groups is 1. The van der Waals surface area contributed by atoms with Crippen LogP contribution in [0.2, 0.25) is 0 Å². The molecule has 2 amide bonds. The Morgan fingerprint density at radius 3 is 2.30 bits per heavy atom. The van der Waals surface area contributed by atoms with Crippen LogP contribution in [0.3, 0.4) is 0 Å². The molecule has 0 radical (unpaired) electrons. The lowest BCUT2D eigenvalue weighted by molar-refractivity contribution is 0.0597. The van der Waals surface area contributed by atoms with E-state index >= 15 is 0 Å². The molecule has 8 rings (SSSR count). The minimum Gasteiger partial charge on any atom is -0.361 e. The van der Waals surface area contributed by atoms with Crippen LogP contribution >= 0.6 is 22.6 Å². The minimum absolute atomic E-state index is 0.177. The zero-order chi connectivity index (χ0) is 32.6. The molecule has 2 aromatic heterocycles. The number of H-pyrrole nitrogens is 2. The van der Waals surface area contributed by atoms with Gasteiger partial charge in [0.05, 0.1) is 46.0 Å². The van der Waals surface area contributed by atoms with Gasteiger partial charge in [-0.1, -0.05) is 50.2 Å². The van der Waals surface area contributed by atoms with Crippen molar-refractivity contribution < 1.29 is 9.59 Å². The number of fused-ring (bicyclic) bond motifs is 8. The number of carbonyl (C=O) groups excluding carboxylic acids is 2. The molecule has 47 heavy (non-hydrogen) atoms. The smallest absolute Gasteiger partial charge is 0.264 e. The Kier molecular flexibility index (Phi) is 6.84. The topological polar surface area (TPSA) is 94.7 Å². The van der Waals surface area contributed by atoms with E-state index in [1.54, 1.807) is 0 Å². The van der Waals surface area contributed by atoms with E-state index in [0.717, 1.165) is 65.5 Å². The molecule has 4 aliphatic heterocycles. The summed E-state index contributed by atoms with van der Waals surface area (Å²) in [6.07, 6.45) is 8.61. The average molecular weight is 730 g/mol. The van der Waals surface area contributed by atoms with Gasteiger partial charge in [0.2, 0.25) is 0 Å². The monoisotopic (exact) mass is 729 g/mol. The normalized spacial score (nSPS) is 15.4. The molecule has 2 aromatic carbocycles. The van der Waals surface area contributed by atoms with Crippen LogP contribution in [0.5, 0.6) is 0 Å². The third kappa shape index (κ3) is 5.02. The SMILES string of the molecule is Cc1cc(C)c(-c2c3nc(cc4nc(cc5[nH]c(c6c7[nH]c2cc7C(=O)N(Cc2ccccc2)C6=O)CC5(C)C)C=C4)C=C3)c(I)c1. The number of carbonyl (C=O) groups is 2. The van der Waals surface area contributed by atoms with Gasteiger partial charge in [-0.2, -0.15) is 0 Å². The molecule has 2 N–H and O–H groups in total. The number of nitrogens with zero attached hydrogens (tertiary/aromatic N) is 3. The summed E-state index contributed by atoms with van der Waals surface area (Å²) >= 11 is 2.39. The molecule has 0 unspecified atom stereocenters. The van der Waals surface area contributed by atoms with Gasteiger partial charge in [-0.15, -0.1) is 0 Å². The van der Waals surface area contributed by atoms with Crippen molar-refractivity contribution in [2.24, 2.45) is 0 Å². The maximum Gasteiger partial charge on any atom is 0.264 e. The van der Waals surface area contributed by atoms with Crippen molar-refractivity contribution in [3.8, 4) is 11.1 Å². The number of hydrogen-bond acceptors (Lipinski definition) is 4. The number of hydrogen-bond donors (Lipinski definition) is 2. The third-order valence-electron chi connectivity index (χ3n) is 9.26. The zero-order valence-corrected chi connectivity index (χ0v) is 28.7. The summed E-state index contributed by atoms with van der Waals surface area (Å²) in [5.74, 6) is -0.640. The van der Waals surface area contributed by atoms with Gasteiger partial charge in [0.25, 0.3) is 11.8 Å². The summed E-state index contributed by atoms with van der Waals surface area (Å²) in [5, 5.41) is 0. The first-order valence-corrected chi connectivity index (χ1v) is 16.8. The fourth-order valence-corrected chi connectivity index (χ4v) is 8.19. The van der Waals surface area contributed by atoms with Gasteiger partial charge >= 0.3 is 0 Å². The Balaban J connectivity index is 1.52. The van der Waals surface area contributed by atoms with Crippen molar-refractivity contribution in [3.05, 3.63) is 126 Å². The van der Waals surface area contributed by atoms with E-state index in [4.69, 9.17) is 9.97 Å². The number of aromatic amines is 2. The fourth-order valence-electron chi connectivity index (χ4n) is 7.00. The van der Waals surface area contributed by atoms with Crippen LogP contribution in [0.4, 0.5) is 0 Å². The summed E-state index contributed by atoms with van der Waals surface area (Å²) in [5.41, 5.74) is 12.0. The predicted octanol–water partition coefficient (Wildman–Crippen LogP) is 8.58. The van der Waals surface area contributed by atoms with Crippen molar-refractivity contribution in [2.75, 3.05) is 0 Å². The lowest BCUT2D eigenvalue weighted by Gasteiger charge is -2.25. The molecular formula is C39H32IN5O2. The fraction of sp³-hybridized carbons (Fsp3) is 0.179. The molecule has 0 aliphatic carbocycles. The Morgan fingerprint density at radius 1 is 0.809 bits per heavy atom. The Morgan fingerprint density at radius 2 is 1.53 bits per heavy atom. The molecule has 4 aromatic rings. The van der Waals surface area contributed by atoms with E-state index < -0.39 is 0 Å². The first-order chi connectivity index (χ1) is 22.6. The van der Waals surface area contributed by atoms with Gasteiger partial charge in [-0.25, -0.2) is 9.97 Å². The molecular weight excluding hydrogens is 697 g/mol. The molecule has 6 heterocycles. The second-order valence-corrected chi connectivity index (χ2v) is 14.4. The second kappa shape index (κ2) is 10.9. The number of nitrogens with one attached hydrogen (secondary N) is 2. The Labute approximate surface area is 286 Å². The van der Waals surface area contributed by atoms with Gasteiger partial charge in [-0.3, -0.25) is 14.5 Å². The lowest BCUT2D eigenvalue weighted by atomic mass is 9.85. The predicted molar refractivity (Wildman–Crippen MR) is 195 cm³/mol. The van der Waals surface area contributed by atoms with E-state index in [1.165, 1.54) is 10.5 Å².